The van der Waals surface area contributed by atoms with Crippen molar-refractivity contribution >= 4 is 44.9 Å². The molecule has 0 saturated heterocycles. The Morgan fingerprint density at radius 3 is 2.21 bits per heavy atom. The summed E-state index contributed by atoms with van der Waals surface area (Å²) in [5.41, 5.74) is 2.69. The molecule has 0 aliphatic carbocycles. The van der Waals surface area contributed by atoms with Gasteiger partial charge in [-0.2, -0.15) is 8.42 Å². The number of carbonyl (C=O) groups is 2. The van der Waals surface area contributed by atoms with Gasteiger partial charge in [0.25, 0.3) is 15.9 Å². The number of methoxy groups -OCH3 is 1. The molecule has 2 amide bonds. The standard InChI is InChI=1S/C23H20N4O5S/c1-27(23(29)32-2)18-13-11-17(12-14-18)25-22(28)15-7-9-16(10-8-15)24-21-19-5-3-4-6-20(19)33(30,31)26-21/h3-14H,1-2H3,(H,24,26)(H,25,28). The van der Waals surface area contributed by atoms with Crippen molar-refractivity contribution in [2.45, 2.75) is 4.90 Å². The maximum atomic E-state index is 12.6. The number of sulfonamides is 1. The lowest BCUT2D eigenvalue weighted by molar-refractivity contribution is 0.102. The number of hydrogen-bond acceptors (Lipinski definition) is 6. The van der Waals surface area contributed by atoms with Gasteiger partial charge in [0.2, 0.25) is 0 Å². The topological polar surface area (TPSA) is 117 Å². The van der Waals surface area contributed by atoms with Gasteiger partial charge in [-0.3, -0.25) is 9.69 Å². The van der Waals surface area contributed by atoms with Crippen LogP contribution in [0, 0.1) is 0 Å². The minimum Gasteiger partial charge on any atom is -0.452 e. The largest absolute Gasteiger partial charge is 0.452 e. The van der Waals surface area contributed by atoms with Crippen LogP contribution in [0.4, 0.5) is 21.9 Å². The molecule has 2 N–H and O–H groups in total. The van der Waals surface area contributed by atoms with Crippen LogP contribution in [0.15, 0.2) is 82.1 Å². The van der Waals surface area contributed by atoms with Crippen LogP contribution in [0.25, 0.3) is 0 Å². The molecular weight excluding hydrogens is 444 g/mol. The normalized spacial score (nSPS) is 13.5. The molecule has 3 aromatic rings. The molecule has 0 spiro atoms. The quantitative estimate of drug-likeness (QED) is 0.608. The summed E-state index contributed by atoms with van der Waals surface area (Å²) < 4.78 is 32.8. The predicted molar refractivity (Wildman–Crippen MR) is 125 cm³/mol. The molecule has 1 aliphatic heterocycles. The highest BCUT2D eigenvalue weighted by molar-refractivity contribution is 7.90. The first kappa shape index (κ1) is 22.0. The van der Waals surface area contributed by atoms with Crippen LogP contribution in [0.5, 0.6) is 0 Å². The fourth-order valence-corrected chi connectivity index (χ4v) is 4.43. The second kappa shape index (κ2) is 8.75. The van der Waals surface area contributed by atoms with Gasteiger partial charge < -0.3 is 15.4 Å². The molecule has 1 aliphatic rings. The molecule has 1 heterocycles. The SMILES string of the molecule is COC(=O)N(C)c1ccc(NC(=O)c2ccc(NC3=NS(=O)(=O)c4ccccc43)cc2)cc1. The minimum absolute atomic E-state index is 0.160. The third-order valence-corrected chi connectivity index (χ3v) is 6.34. The lowest BCUT2D eigenvalue weighted by atomic mass is 10.1. The van der Waals surface area contributed by atoms with Crippen LogP contribution in [0.2, 0.25) is 0 Å². The third-order valence-electron chi connectivity index (χ3n) is 5.00. The second-order valence-corrected chi connectivity index (χ2v) is 8.72. The molecule has 0 radical (unpaired) electrons. The number of carbonyl (C=O) groups excluding carboxylic acids is 2. The zero-order chi connectivity index (χ0) is 23.6. The number of hydrogen-bond donors (Lipinski definition) is 2. The maximum Gasteiger partial charge on any atom is 0.413 e. The van der Waals surface area contributed by atoms with Crippen molar-refractivity contribution in [1.82, 2.24) is 0 Å². The molecule has 9 nitrogen and oxygen atoms in total. The summed E-state index contributed by atoms with van der Waals surface area (Å²) in [6, 6.07) is 19.9. The van der Waals surface area contributed by atoms with E-state index in [1.54, 1.807) is 73.8 Å². The second-order valence-electron chi connectivity index (χ2n) is 7.14. The Morgan fingerprint density at radius 1 is 0.909 bits per heavy atom. The molecule has 0 aromatic heterocycles. The summed E-state index contributed by atoms with van der Waals surface area (Å²) in [5.74, 6) is -0.0819. The van der Waals surface area contributed by atoms with E-state index in [-0.39, 0.29) is 16.6 Å². The summed E-state index contributed by atoms with van der Waals surface area (Å²) in [7, 11) is -0.828. The van der Waals surface area contributed by atoms with E-state index in [0.717, 1.165) is 0 Å². The molecule has 33 heavy (non-hydrogen) atoms. The number of nitrogens with zero attached hydrogens (tertiary/aromatic N) is 2. The number of rotatable bonds is 4. The van der Waals surface area contributed by atoms with Crippen molar-refractivity contribution < 1.29 is 22.7 Å². The molecule has 0 unspecified atom stereocenters. The van der Waals surface area contributed by atoms with Gasteiger partial charge in [0, 0.05) is 35.2 Å². The first-order valence-electron chi connectivity index (χ1n) is 9.83. The minimum atomic E-state index is -3.71. The zero-order valence-electron chi connectivity index (χ0n) is 17.8. The average molecular weight is 465 g/mol. The van der Waals surface area contributed by atoms with E-state index in [9.17, 15) is 18.0 Å². The number of amides is 2. The Labute approximate surface area is 190 Å². The molecule has 0 atom stereocenters. The highest BCUT2D eigenvalue weighted by Gasteiger charge is 2.28. The Morgan fingerprint density at radius 2 is 1.55 bits per heavy atom. The highest BCUT2D eigenvalue weighted by Crippen LogP contribution is 2.27. The van der Waals surface area contributed by atoms with Crippen molar-refractivity contribution in [3.63, 3.8) is 0 Å². The van der Waals surface area contributed by atoms with Crippen LogP contribution in [0.1, 0.15) is 15.9 Å². The number of ether oxygens (including phenoxy) is 1. The zero-order valence-corrected chi connectivity index (χ0v) is 18.6. The van der Waals surface area contributed by atoms with Gasteiger partial charge in [0.1, 0.15) is 4.90 Å². The molecule has 4 rings (SSSR count). The molecule has 0 saturated carbocycles. The van der Waals surface area contributed by atoms with Gasteiger partial charge in [0.05, 0.1) is 7.11 Å². The molecular formula is C23H20N4O5S. The highest BCUT2D eigenvalue weighted by atomic mass is 32.2. The van der Waals surface area contributed by atoms with Crippen LogP contribution in [0.3, 0.4) is 0 Å². The van der Waals surface area contributed by atoms with E-state index >= 15 is 0 Å². The van der Waals surface area contributed by atoms with Crippen molar-refractivity contribution in [1.29, 1.82) is 0 Å². The van der Waals surface area contributed by atoms with Gasteiger partial charge in [-0.15, -0.1) is 4.40 Å². The van der Waals surface area contributed by atoms with Gasteiger partial charge in [-0.05, 0) is 60.7 Å². The van der Waals surface area contributed by atoms with Gasteiger partial charge in [0.15, 0.2) is 5.84 Å². The van der Waals surface area contributed by atoms with E-state index in [1.807, 2.05) is 0 Å². The Hall–Kier alpha value is -4.18. The van der Waals surface area contributed by atoms with Crippen molar-refractivity contribution in [2.24, 2.45) is 4.40 Å². The average Bonchev–Trinajstić information content (AvgIpc) is 3.08. The summed E-state index contributed by atoms with van der Waals surface area (Å²) in [6.07, 6.45) is -0.495. The van der Waals surface area contributed by atoms with E-state index in [4.69, 9.17) is 0 Å². The predicted octanol–water partition coefficient (Wildman–Crippen LogP) is 3.70. The third kappa shape index (κ3) is 4.55. The van der Waals surface area contributed by atoms with Crippen molar-refractivity contribution in [3.05, 3.63) is 83.9 Å². The maximum absolute atomic E-state index is 12.6. The van der Waals surface area contributed by atoms with E-state index in [0.29, 0.717) is 28.2 Å². The first-order valence-corrected chi connectivity index (χ1v) is 11.3. The molecule has 0 bridgehead atoms. The Bertz CT molecular complexity index is 1350. The number of benzene rings is 3. The van der Waals surface area contributed by atoms with Crippen molar-refractivity contribution in [2.75, 3.05) is 29.7 Å². The first-order chi connectivity index (χ1) is 15.8. The van der Waals surface area contributed by atoms with Crippen LogP contribution in [-0.2, 0) is 14.8 Å². The summed E-state index contributed by atoms with van der Waals surface area (Å²) in [6.45, 7) is 0. The lowest BCUT2D eigenvalue weighted by Gasteiger charge is -2.16. The van der Waals surface area contributed by atoms with Crippen LogP contribution >= 0.6 is 0 Å². The van der Waals surface area contributed by atoms with Gasteiger partial charge in [-0.1, -0.05) is 12.1 Å². The van der Waals surface area contributed by atoms with E-state index in [2.05, 4.69) is 19.8 Å². The fourth-order valence-electron chi connectivity index (χ4n) is 3.25. The lowest BCUT2D eigenvalue weighted by Crippen LogP contribution is -2.25. The molecule has 0 fully saturated rings. The number of amidine groups is 1. The Kier molecular flexibility index (Phi) is 5.84. The number of anilines is 3. The van der Waals surface area contributed by atoms with E-state index < -0.39 is 16.1 Å². The van der Waals surface area contributed by atoms with E-state index in [1.165, 1.54) is 18.1 Å². The number of fused-ring (bicyclic) bond motifs is 1. The summed E-state index contributed by atoms with van der Waals surface area (Å²) in [4.78, 5) is 25.7. The van der Waals surface area contributed by atoms with Crippen LogP contribution in [-0.4, -0.2) is 40.4 Å². The fraction of sp³-hybridized carbons (Fsp3) is 0.0870. The summed E-state index contributed by atoms with van der Waals surface area (Å²) >= 11 is 0. The van der Waals surface area contributed by atoms with Gasteiger partial charge >= 0.3 is 6.09 Å². The van der Waals surface area contributed by atoms with Crippen LogP contribution < -0.4 is 15.5 Å². The smallest absolute Gasteiger partial charge is 0.413 e. The van der Waals surface area contributed by atoms with Crippen molar-refractivity contribution in [3.8, 4) is 0 Å². The van der Waals surface area contributed by atoms with Gasteiger partial charge in [-0.25, -0.2) is 4.79 Å². The summed E-state index contributed by atoms with van der Waals surface area (Å²) in [5, 5.41) is 5.78. The monoisotopic (exact) mass is 464 g/mol. The number of nitrogens with one attached hydrogen (secondary N) is 2. The Balaban J connectivity index is 1.43. The molecule has 10 heteroatoms. The molecule has 168 valence electrons. The molecule has 3 aromatic carbocycles.